The molecule has 2 atom stereocenters. The zero-order chi connectivity index (χ0) is 38.1. The summed E-state index contributed by atoms with van der Waals surface area (Å²) in [6.45, 7) is 8.99. The minimum Gasteiger partial charge on any atom is -0.481 e. The van der Waals surface area contributed by atoms with Gasteiger partial charge in [-0.05, 0) is 30.2 Å². The van der Waals surface area contributed by atoms with E-state index in [1.54, 1.807) is 11.9 Å². The molecule has 2 aromatic rings. The topological polar surface area (TPSA) is 217 Å². The maximum atomic E-state index is 13.0. The Kier molecular flexibility index (Phi) is 29.3. The van der Waals surface area contributed by atoms with Crippen LogP contribution in [-0.4, -0.2) is 137 Å². The number of hydrogen-bond donors (Lipinski definition) is 7. The van der Waals surface area contributed by atoms with Gasteiger partial charge in [0.2, 0.25) is 17.7 Å². The zero-order valence-corrected chi connectivity index (χ0v) is 34.9. The van der Waals surface area contributed by atoms with Crippen molar-refractivity contribution < 1.29 is 123 Å². The predicted octanol–water partition coefficient (Wildman–Crippen LogP) is -1.09. The van der Waals surface area contributed by atoms with E-state index >= 15 is 0 Å². The van der Waals surface area contributed by atoms with E-state index in [1.165, 1.54) is 0 Å². The summed E-state index contributed by atoms with van der Waals surface area (Å²) < 4.78 is 10.9. The molecule has 0 saturated carbocycles. The summed E-state index contributed by atoms with van der Waals surface area (Å²) in [5.74, 6) is -3.50. The van der Waals surface area contributed by atoms with Crippen molar-refractivity contribution in [2.45, 2.75) is 24.9 Å². The number of benzene rings is 2. The Morgan fingerprint density at radius 2 is 1.22 bits per heavy atom. The third kappa shape index (κ3) is 23.4. The number of amides is 5. The van der Waals surface area contributed by atoms with Crippen LogP contribution in [-0.2, 0) is 44.7 Å². The fourth-order valence-electron chi connectivity index (χ4n) is 4.87. The van der Waals surface area contributed by atoms with Crippen LogP contribution in [0.2, 0.25) is 0 Å². The number of nitrogens with zero attached hydrogens (tertiary/aromatic N) is 1. The number of aliphatic carboxylic acids is 1. The average molecular weight is 1040 g/mol. The molecule has 2 aromatic carbocycles. The Balaban J connectivity index is 0.0000140. The van der Waals surface area contributed by atoms with Gasteiger partial charge >= 0.3 is 5.97 Å². The van der Waals surface area contributed by atoms with Gasteiger partial charge in [0.25, 0.3) is 0 Å². The SMILES string of the molecule is [CH2-]C(=O)NCCN(CCNC([CH2-])=O)CC(=O)NCCOCCOCCNC(=O)[C@H](CC(=O)O)NC(=O)[C@H](Cc1ccc(-c2ccccc2)cc1)NC.[Gd].[Gd]. The van der Waals surface area contributed by atoms with E-state index in [4.69, 9.17) is 9.47 Å². The Morgan fingerprint density at radius 1 is 0.685 bits per heavy atom. The van der Waals surface area contributed by atoms with E-state index in [0.29, 0.717) is 32.6 Å². The Hall–Kier alpha value is -2.51. The molecule has 302 valence electrons. The average Bonchev–Trinajstić information content (AvgIpc) is 3.11. The first-order valence-corrected chi connectivity index (χ1v) is 16.9. The van der Waals surface area contributed by atoms with Crippen molar-refractivity contribution >= 4 is 35.5 Å². The number of likely N-dealkylation sites (N-methyl/N-ethyl adjacent to an activating group) is 1. The molecule has 0 spiro atoms. The Bertz CT molecular complexity index is 1400. The molecule has 16 nitrogen and oxygen atoms in total. The van der Waals surface area contributed by atoms with Gasteiger partial charge in [-0.15, -0.1) is 0 Å². The third-order valence-corrected chi connectivity index (χ3v) is 7.53. The van der Waals surface area contributed by atoms with Crippen LogP contribution in [0.25, 0.3) is 11.1 Å². The summed E-state index contributed by atoms with van der Waals surface area (Å²) in [5.41, 5.74) is 3.01. The largest absolute Gasteiger partial charge is 0.481 e. The van der Waals surface area contributed by atoms with Crippen molar-refractivity contribution in [3.63, 3.8) is 0 Å². The molecule has 0 heterocycles. The summed E-state index contributed by atoms with van der Waals surface area (Å²) in [4.78, 5) is 73.4. The second-order valence-electron chi connectivity index (χ2n) is 11.6. The van der Waals surface area contributed by atoms with Gasteiger partial charge < -0.3 is 69.9 Å². The van der Waals surface area contributed by atoms with Gasteiger partial charge in [0, 0.05) is 119 Å². The number of carbonyl (C=O) groups excluding carboxylic acids is 5. The molecule has 18 heteroatoms. The molecule has 0 radical (unpaired) electrons. The summed E-state index contributed by atoms with van der Waals surface area (Å²) >= 11 is 0. The van der Waals surface area contributed by atoms with Crippen molar-refractivity contribution in [3.05, 3.63) is 74.0 Å². The Labute approximate surface area is 381 Å². The minimum absolute atomic E-state index is 0. The number of ether oxygens (including phenoxy) is 2. The van der Waals surface area contributed by atoms with Crippen LogP contribution < -0.4 is 31.9 Å². The molecular formula is C36H51Gd2N7O9-2. The molecule has 54 heavy (non-hydrogen) atoms. The number of carboxylic acid groups (broad SMARTS) is 1. The van der Waals surface area contributed by atoms with Crippen molar-refractivity contribution in [1.82, 2.24) is 36.8 Å². The number of carbonyl (C=O) groups is 6. The monoisotopic (exact) mass is 1040 g/mol. The van der Waals surface area contributed by atoms with Gasteiger partial charge in [-0.25, -0.2) is 0 Å². The van der Waals surface area contributed by atoms with Crippen molar-refractivity contribution in [1.29, 1.82) is 0 Å². The molecule has 7 N–H and O–H groups in total. The first-order valence-electron chi connectivity index (χ1n) is 16.9. The van der Waals surface area contributed by atoms with E-state index in [2.05, 4.69) is 45.7 Å². The molecule has 0 aromatic heterocycles. The molecule has 0 aliphatic heterocycles. The van der Waals surface area contributed by atoms with Crippen LogP contribution >= 0.6 is 0 Å². The number of hydrogen-bond acceptors (Lipinski definition) is 10. The third-order valence-electron chi connectivity index (χ3n) is 7.53. The second kappa shape index (κ2) is 30.7. The van der Waals surface area contributed by atoms with Crippen molar-refractivity contribution in [3.8, 4) is 11.1 Å². The minimum atomic E-state index is -1.28. The van der Waals surface area contributed by atoms with Crippen LogP contribution in [0.1, 0.15) is 12.0 Å². The smallest absolute Gasteiger partial charge is 0.305 e. The van der Waals surface area contributed by atoms with E-state index in [-0.39, 0.29) is 132 Å². The summed E-state index contributed by atoms with van der Waals surface area (Å²) in [6, 6.07) is 15.7. The van der Waals surface area contributed by atoms with Crippen LogP contribution in [0.4, 0.5) is 0 Å². The fraction of sp³-hybridized carbons (Fsp3) is 0.444. The van der Waals surface area contributed by atoms with Gasteiger partial charge in [0.05, 0.1) is 57.2 Å². The number of carboxylic acids is 1. The second-order valence-corrected chi connectivity index (χ2v) is 11.6. The maximum absolute atomic E-state index is 13.0. The van der Waals surface area contributed by atoms with Gasteiger partial charge in [0.15, 0.2) is 0 Å². The predicted molar refractivity (Wildman–Crippen MR) is 193 cm³/mol. The molecule has 0 aliphatic rings. The molecule has 0 aliphatic carbocycles. The zero-order valence-electron chi connectivity index (χ0n) is 30.3. The summed E-state index contributed by atoms with van der Waals surface area (Å²) in [6.07, 6.45) is -0.259. The Morgan fingerprint density at radius 3 is 1.74 bits per heavy atom. The van der Waals surface area contributed by atoms with Crippen LogP contribution in [0.5, 0.6) is 0 Å². The molecular weight excluding hydrogens is 989 g/mol. The van der Waals surface area contributed by atoms with Gasteiger partial charge in [-0.1, -0.05) is 54.6 Å². The van der Waals surface area contributed by atoms with Gasteiger partial charge in [0.1, 0.15) is 6.04 Å². The van der Waals surface area contributed by atoms with Crippen LogP contribution in [0.15, 0.2) is 54.6 Å². The van der Waals surface area contributed by atoms with E-state index in [1.807, 2.05) is 54.6 Å². The van der Waals surface area contributed by atoms with Crippen molar-refractivity contribution in [2.75, 3.05) is 79.3 Å². The number of nitrogens with one attached hydrogen (secondary N) is 6. The molecule has 0 unspecified atom stereocenters. The van der Waals surface area contributed by atoms with E-state index in [9.17, 15) is 33.9 Å². The molecule has 0 bridgehead atoms. The van der Waals surface area contributed by atoms with Gasteiger partial charge in [-0.3, -0.25) is 24.1 Å². The first kappa shape index (κ1) is 51.5. The fourth-order valence-corrected chi connectivity index (χ4v) is 4.87. The summed E-state index contributed by atoms with van der Waals surface area (Å²) in [7, 11) is 1.62. The summed E-state index contributed by atoms with van der Waals surface area (Å²) in [5, 5.41) is 25.3. The number of rotatable bonds is 26. The standard InChI is InChI=1S/C36H51N7O9.2Gd/c1-26(44)38-13-17-43(18-14-39-27(2)45)25-33(46)40-15-19-51-21-22-52-20-16-41-35(49)32(24-34(47)48)42-36(50)31(37-3)23-28-9-11-30(12-10-28)29-7-5-4-6-8-29;;/h4-12,31-32,37H,1-2,13-25H2,3H3,(H,38,44)(H,39,45)(H,40,46)(H,41,49)(H,42,50)(H,47,48);;/q-2;;/t31-,32-;;/m0../s1. The maximum Gasteiger partial charge on any atom is 0.305 e. The first-order chi connectivity index (χ1) is 25.0. The molecule has 0 saturated heterocycles. The van der Waals surface area contributed by atoms with Crippen LogP contribution in [0, 0.1) is 93.7 Å². The quantitative estimate of drug-likeness (QED) is 0.0445. The van der Waals surface area contributed by atoms with Gasteiger partial charge in [-0.2, -0.15) is 0 Å². The normalized spacial score (nSPS) is 11.5. The van der Waals surface area contributed by atoms with E-state index in [0.717, 1.165) is 16.7 Å². The molecule has 5 amide bonds. The molecule has 2 rings (SSSR count). The molecule has 0 fully saturated rings. The van der Waals surface area contributed by atoms with Crippen LogP contribution in [0.3, 0.4) is 0 Å². The van der Waals surface area contributed by atoms with Crippen molar-refractivity contribution in [2.24, 2.45) is 0 Å². The van der Waals surface area contributed by atoms with E-state index < -0.39 is 48.1 Å².